The fourth-order valence-electron chi connectivity index (χ4n) is 2.38. The summed E-state index contributed by atoms with van der Waals surface area (Å²) >= 11 is 0. The number of hydrogen-bond acceptors (Lipinski definition) is 4. The third-order valence-corrected chi connectivity index (χ3v) is 3.64. The number of benzene rings is 2. The molecule has 1 atom stereocenters. The van der Waals surface area contributed by atoms with Crippen molar-refractivity contribution >= 4 is 28.7 Å². The highest BCUT2D eigenvalue weighted by Crippen LogP contribution is 2.22. The van der Waals surface area contributed by atoms with Crippen LogP contribution in [0, 0.1) is 0 Å². The van der Waals surface area contributed by atoms with Crippen molar-refractivity contribution in [1.82, 2.24) is 5.32 Å². The number of esters is 1. The Morgan fingerprint density at radius 1 is 1.08 bits per heavy atom. The summed E-state index contributed by atoms with van der Waals surface area (Å²) in [6.07, 6.45) is 2.14. The maximum absolute atomic E-state index is 11.9. The van der Waals surface area contributed by atoms with Gasteiger partial charge in [0.1, 0.15) is 5.75 Å². The van der Waals surface area contributed by atoms with Crippen molar-refractivity contribution in [3.05, 3.63) is 48.0 Å². The number of ether oxygens (including phenoxy) is 2. The molecule has 5 heteroatoms. The van der Waals surface area contributed by atoms with E-state index in [0.29, 0.717) is 0 Å². The van der Waals surface area contributed by atoms with Crippen LogP contribution in [-0.4, -0.2) is 30.6 Å². The van der Waals surface area contributed by atoms with Crippen LogP contribution in [0.1, 0.15) is 33.3 Å². The van der Waals surface area contributed by atoms with Crippen LogP contribution in [-0.2, 0) is 14.3 Å². The highest BCUT2D eigenvalue weighted by atomic mass is 16.5. The molecular formula is C21H25NO4. The Bertz CT molecular complexity index is 834. The quantitative estimate of drug-likeness (QED) is 0.656. The van der Waals surface area contributed by atoms with Gasteiger partial charge in [0.2, 0.25) is 0 Å². The summed E-state index contributed by atoms with van der Waals surface area (Å²) in [5.41, 5.74) is 0.493. The highest BCUT2D eigenvalue weighted by Gasteiger charge is 2.21. The zero-order valence-electron chi connectivity index (χ0n) is 15.8. The van der Waals surface area contributed by atoms with Gasteiger partial charge in [-0.1, -0.05) is 18.2 Å². The molecule has 1 amide bonds. The SMILES string of the molecule is COc1ccc2cc(/C=C/C(=O)O[C@H](C)C(=O)NC(C)(C)C)ccc2c1. The topological polar surface area (TPSA) is 64.6 Å². The molecule has 2 aromatic carbocycles. The van der Waals surface area contributed by atoms with Crippen LogP contribution in [0.3, 0.4) is 0 Å². The van der Waals surface area contributed by atoms with Gasteiger partial charge in [0.05, 0.1) is 7.11 Å². The molecule has 138 valence electrons. The van der Waals surface area contributed by atoms with Crippen molar-refractivity contribution in [2.24, 2.45) is 0 Å². The molecule has 0 aliphatic carbocycles. The molecular weight excluding hydrogens is 330 g/mol. The average molecular weight is 355 g/mol. The van der Waals surface area contributed by atoms with Gasteiger partial charge in [0, 0.05) is 11.6 Å². The molecule has 2 rings (SSSR count). The Balaban J connectivity index is 2.01. The van der Waals surface area contributed by atoms with Gasteiger partial charge in [-0.2, -0.15) is 0 Å². The molecule has 26 heavy (non-hydrogen) atoms. The molecule has 0 heterocycles. The van der Waals surface area contributed by atoms with Gasteiger partial charge in [-0.25, -0.2) is 4.79 Å². The summed E-state index contributed by atoms with van der Waals surface area (Å²) in [6.45, 7) is 7.16. The second-order valence-corrected chi connectivity index (χ2v) is 7.12. The minimum absolute atomic E-state index is 0.320. The number of rotatable bonds is 5. The van der Waals surface area contributed by atoms with E-state index in [4.69, 9.17) is 9.47 Å². The number of fused-ring (bicyclic) bond motifs is 1. The van der Waals surface area contributed by atoms with Crippen LogP contribution < -0.4 is 10.1 Å². The van der Waals surface area contributed by atoms with Gasteiger partial charge >= 0.3 is 5.97 Å². The van der Waals surface area contributed by atoms with E-state index in [0.717, 1.165) is 22.1 Å². The first-order valence-corrected chi connectivity index (χ1v) is 8.46. The second-order valence-electron chi connectivity index (χ2n) is 7.12. The molecule has 0 fully saturated rings. The number of amides is 1. The normalized spacial score (nSPS) is 12.8. The lowest BCUT2D eigenvalue weighted by atomic mass is 10.1. The number of methoxy groups -OCH3 is 1. The Hall–Kier alpha value is -2.82. The maximum atomic E-state index is 11.9. The number of hydrogen-bond donors (Lipinski definition) is 1. The molecule has 0 saturated carbocycles. The summed E-state index contributed by atoms with van der Waals surface area (Å²) in [7, 11) is 1.63. The Kier molecular flexibility index (Phi) is 6.03. The monoisotopic (exact) mass is 355 g/mol. The van der Waals surface area contributed by atoms with Crippen molar-refractivity contribution in [3.8, 4) is 5.75 Å². The molecule has 0 spiro atoms. The zero-order valence-corrected chi connectivity index (χ0v) is 15.8. The molecule has 0 bridgehead atoms. The molecule has 0 radical (unpaired) electrons. The minimum atomic E-state index is -0.851. The molecule has 0 aromatic heterocycles. The van der Waals surface area contributed by atoms with Crippen molar-refractivity contribution < 1.29 is 19.1 Å². The lowest BCUT2D eigenvalue weighted by molar-refractivity contribution is -0.150. The van der Waals surface area contributed by atoms with Gasteiger partial charge in [-0.05, 0) is 68.3 Å². The summed E-state index contributed by atoms with van der Waals surface area (Å²) in [4.78, 5) is 23.9. The van der Waals surface area contributed by atoms with Crippen molar-refractivity contribution in [2.45, 2.75) is 39.3 Å². The van der Waals surface area contributed by atoms with E-state index in [1.165, 1.54) is 6.08 Å². The van der Waals surface area contributed by atoms with E-state index < -0.39 is 12.1 Å². The molecule has 5 nitrogen and oxygen atoms in total. The Labute approximate surface area is 154 Å². The van der Waals surface area contributed by atoms with Crippen LogP contribution in [0.2, 0.25) is 0 Å². The summed E-state index contributed by atoms with van der Waals surface area (Å²) in [5, 5.41) is 4.87. The van der Waals surface area contributed by atoms with Crippen molar-refractivity contribution in [2.75, 3.05) is 7.11 Å². The maximum Gasteiger partial charge on any atom is 0.331 e. The Morgan fingerprint density at radius 2 is 1.73 bits per heavy atom. The van der Waals surface area contributed by atoms with Crippen LogP contribution in [0.4, 0.5) is 0 Å². The van der Waals surface area contributed by atoms with Crippen LogP contribution in [0.25, 0.3) is 16.8 Å². The number of nitrogens with one attached hydrogen (secondary N) is 1. The van der Waals surface area contributed by atoms with Gasteiger partial charge < -0.3 is 14.8 Å². The first kappa shape index (κ1) is 19.5. The van der Waals surface area contributed by atoms with Crippen molar-refractivity contribution in [3.63, 3.8) is 0 Å². The molecule has 0 unspecified atom stereocenters. The van der Waals surface area contributed by atoms with E-state index in [1.807, 2.05) is 57.2 Å². The van der Waals surface area contributed by atoms with E-state index in [2.05, 4.69) is 5.32 Å². The fraction of sp³-hybridized carbons (Fsp3) is 0.333. The highest BCUT2D eigenvalue weighted by molar-refractivity contribution is 5.92. The van der Waals surface area contributed by atoms with Crippen LogP contribution >= 0.6 is 0 Å². The summed E-state index contributed by atoms with van der Waals surface area (Å²) in [5.74, 6) is -0.0813. The third kappa shape index (κ3) is 5.62. The summed E-state index contributed by atoms with van der Waals surface area (Å²) < 4.78 is 10.4. The number of carbonyl (C=O) groups excluding carboxylic acids is 2. The first-order valence-electron chi connectivity index (χ1n) is 8.46. The van der Waals surface area contributed by atoms with Crippen LogP contribution in [0.5, 0.6) is 5.75 Å². The van der Waals surface area contributed by atoms with Gasteiger partial charge in [-0.3, -0.25) is 4.79 Å². The molecule has 0 aliphatic heterocycles. The fourth-order valence-corrected chi connectivity index (χ4v) is 2.38. The largest absolute Gasteiger partial charge is 0.497 e. The van der Waals surface area contributed by atoms with E-state index in [1.54, 1.807) is 20.1 Å². The Morgan fingerprint density at radius 3 is 2.38 bits per heavy atom. The third-order valence-electron chi connectivity index (χ3n) is 3.64. The minimum Gasteiger partial charge on any atom is -0.497 e. The second kappa shape index (κ2) is 8.04. The van der Waals surface area contributed by atoms with Crippen LogP contribution in [0.15, 0.2) is 42.5 Å². The van der Waals surface area contributed by atoms with E-state index in [-0.39, 0.29) is 11.4 Å². The van der Waals surface area contributed by atoms with Crippen molar-refractivity contribution in [1.29, 1.82) is 0 Å². The average Bonchev–Trinajstić information content (AvgIpc) is 2.57. The lowest BCUT2D eigenvalue weighted by Crippen LogP contribution is -2.46. The smallest absolute Gasteiger partial charge is 0.331 e. The molecule has 0 aliphatic rings. The van der Waals surface area contributed by atoms with Gasteiger partial charge in [0.25, 0.3) is 5.91 Å². The molecule has 1 N–H and O–H groups in total. The predicted octanol–water partition coefficient (Wildman–Crippen LogP) is 3.71. The van der Waals surface area contributed by atoms with E-state index in [9.17, 15) is 9.59 Å². The lowest BCUT2D eigenvalue weighted by Gasteiger charge is -2.22. The predicted molar refractivity (Wildman–Crippen MR) is 103 cm³/mol. The summed E-state index contributed by atoms with van der Waals surface area (Å²) in [6, 6.07) is 11.6. The van der Waals surface area contributed by atoms with Gasteiger partial charge in [-0.15, -0.1) is 0 Å². The standard InChI is InChI=1S/C21H25NO4/c1-14(20(24)22-21(2,3)4)26-19(23)11-7-15-6-8-17-13-18(25-5)10-9-16(17)12-15/h6-14H,1-5H3,(H,22,24)/b11-7+/t14-/m1/s1. The van der Waals surface area contributed by atoms with E-state index >= 15 is 0 Å². The molecule has 0 saturated heterocycles. The van der Waals surface area contributed by atoms with Gasteiger partial charge in [0.15, 0.2) is 6.10 Å². The zero-order chi connectivity index (χ0) is 19.3. The number of carbonyl (C=O) groups is 2. The first-order chi connectivity index (χ1) is 12.2. The molecule has 2 aromatic rings.